The molecule has 0 aliphatic carbocycles. The molecule has 0 amide bonds. The van der Waals surface area contributed by atoms with Gasteiger partial charge in [0.15, 0.2) is 0 Å². The van der Waals surface area contributed by atoms with Crippen molar-refractivity contribution in [2.75, 3.05) is 0 Å². The third-order valence-electron chi connectivity index (χ3n) is 2.29. The van der Waals surface area contributed by atoms with Gasteiger partial charge >= 0.3 is 6.18 Å². The number of aromatic nitrogens is 1. The van der Waals surface area contributed by atoms with E-state index in [2.05, 4.69) is 15.9 Å². The Morgan fingerprint density at radius 2 is 1.94 bits per heavy atom. The van der Waals surface area contributed by atoms with Crippen LogP contribution in [0.15, 0.2) is 39.7 Å². The lowest BCUT2D eigenvalue weighted by Gasteiger charge is -2.10. The lowest BCUT2D eigenvalue weighted by molar-refractivity contribution is -0.141. The van der Waals surface area contributed by atoms with Gasteiger partial charge in [-0.3, -0.25) is 4.79 Å². The van der Waals surface area contributed by atoms with Gasteiger partial charge in [-0.1, -0.05) is 22.0 Å². The molecule has 0 aliphatic heterocycles. The number of benzene rings is 1. The van der Waals surface area contributed by atoms with Crippen molar-refractivity contribution in [1.29, 1.82) is 0 Å². The second-order valence-corrected chi connectivity index (χ2v) is 4.51. The molecule has 2 rings (SSSR count). The van der Waals surface area contributed by atoms with E-state index in [9.17, 15) is 18.0 Å². The SMILES string of the molecule is O=c1c2cc(Br)ccc2ccn1CC(F)(F)F. The molecule has 1 heterocycles. The maximum Gasteiger partial charge on any atom is 0.406 e. The van der Waals surface area contributed by atoms with E-state index < -0.39 is 18.3 Å². The van der Waals surface area contributed by atoms with Gasteiger partial charge in [0, 0.05) is 16.1 Å². The third kappa shape index (κ3) is 2.69. The van der Waals surface area contributed by atoms with Gasteiger partial charge in [0.1, 0.15) is 6.54 Å². The number of rotatable bonds is 1. The molecule has 0 spiro atoms. The van der Waals surface area contributed by atoms with E-state index in [4.69, 9.17) is 0 Å². The molecule has 0 atom stereocenters. The molecule has 2 nitrogen and oxygen atoms in total. The van der Waals surface area contributed by atoms with Crippen molar-refractivity contribution >= 4 is 26.7 Å². The minimum absolute atomic E-state index is 0.270. The highest BCUT2D eigenvalue weighted by atomic mass is 79.9. The molecule has 90 valence electrons. The third-order valence-corrected chi connectivity index (χ3v) is 2.78. The first-order valence-corrected chi connectivity index (χ1v) is 5.51. The number of halogens is 4. The zero-order valence-electron chi connectivity index (χ0n) is 8.46. The predicted octanol–water partition coefficient (Wildman–Crippen LogP) is 3.33. The Labute approximate surface area is 103 Å². The second-order valence-electron chi connectivity index (χ2n) is 3.60. The Bertz CT molecular complexity index is 618. The van der Waals surface area contributed by atoms with E-state index >= 15 is 0 Å². The van der Waals surface area contributed by atoms with Crippen LogP contribution in [0.1, 0.15) is 0 Å². The average molecular weight is 306 g/mol. The van der Waals surface area contributed by atoms with Crippen molar-refractivity contribution in [1.82, 2.24) is 4.57 Å². The average Bonchev–Trinajstić information content (AvgIpc) is 2.21. The minimum Gasteiger partial charge on any atom is -0.306 e. The predicted molar refractivity (Wildman–Crippen MR) is 62.0 cm³/mol. The van der Waals surface area contributed by atoms with E-state index in [1.807, 2.05) is 0 Å². The van der Waals surface area contributed by atoms with Crippen LogP contribution in [0.2, 0.25) is 0 Å². The summed E-state index contributed by atoms with van der Waals surface area (Å²) in [4.78, 5) is 11.8. The fraction of sp³-hybridized carbons (Fsp3) is 0.182. The van der Waals surface area contributed by atoms with Crippen LogP contribution in [-0.2, 0) is 6.54 Å². The van der Waals surface area contributed by atoms with Gasteiger partial charge in [0.05, 0.1) is 0 Å². The maximum absolute atomic E-state index is 12.2. The molecule has 0 saturated carbocycles. The summed E-state index contributed by atoms with van der Waals surface area (Å²) < 4.78 is 38.0. The van der Waals surface area contributed by atoms with Crippen molar-refractivity contribution in [3.8, 4) is 0 Å². The summed E-state index contributed by atoms with van der Waals surface area (Å²) >= 11 is 3.18. The van der Waals surface area contributed by atoms with Crippen LogP contribution in [0.3, 0.4) is 0 Å². The van der Waals surface area contributed by atoms with E-state index in [1.165, 1.54) is 12.1 Å². The summed E-state index contributed by atoms with van der Waals surface area (Å²) in [6.07, 6.45) is -3.24. The Hall–Kier alpha value is -1.30. The van der Waals surface area contributed by atoms with Crippen molar-refractivity contribution in [3.63, 3.8) is 0 Å². The van der Waals surface area contributed by atoms with Crippen LogP contribution in [0.5, 0.6) is 0 Å². The lowest BCUT2D eigenvalue weighted by Crippen LogP contribution is -2.27. The molecule has 0 fully saturated rings. The topological polar surface area (TPSA) is 22.0 Å². The molecule has 0 saturated heterocycles. The quantitative estimate of drug-likeness (QED) is 0.792. The van der Waals surface area contributed by atoms with Gasteiger partial charge in [0.2, 0.25) is 0 Å². The highest BCUT2D eigenvalue weighted by Crippen LogP contribution is 2.19. The van der Waals surface area contributed by atoms with Gasteiger partial charge in [-0.25, -0.2) is 0 Å². The summed E-state index contributed by atoms with van der Waals surface area (Å²) in [6.45, 7) is -1.27. The van der Waals surface area contributed by atoms with E-state index in [0.717, 1.165) is 6.20 Å². The molecular weight excluding hydrogens is 299 g/mol. The van der Waals surface area contributed by atoms with Crippen LogP contribution in [0, 0.1) is 0 Å². The maximum atomic E-state index is 12.2. The zero-order valence-corrected chi connectivity index (χ0v) is 10.0. The van der Waals surface area contributed by atoms with Gasteiger partial charge in [-0.2, -0.15) is 13.2 Å². The number of hydrogen-bond acceptors (Lipinski definition) is 1. The fourth-order valence-electron chi connectivity index (χ4n) is 1.57. The molecule has 1 aromatic carbocycles. The van der Waals surface area contributed by atoms with E-state index in [-0.39, 0.29) is 5.39 Å². The van der Waals surface area contributed by atoms with Gasteiger partial charge in [0.25, 0.3) is 5.56 Å². The molecule has 0 aliphatic rings. The number of hydrogen-bond donors (Lipinski definition) is 0. The van der Waals surface area contributed by atoms with Crippen molar-refractivity contribution in [2.24, 2.45) is 0 Å². The smallest absolute Gasteiger partial charge is 0.306 e. The molecule has 17 heavy (non-hydrogen) atoms. The monoisotopic (exact) mass is 305 g/mol. The first-order valence-electron chi connectivity index (χ1n) is 4.72. The van der Waals surface area contributed by atoms with Gasteiger partial charge < -0.3 is 4.57 Å². The fourth-order valence-corrected chi connectivity index (χ4v) is 1.93. The van der Waals surface area contributed by atoms with Crippen molar-refractivity contribution < 1.29 is 13.2 Å². The zero-order chi connectivity index (χ0) is 12.6. The Morgan fingerprint density at radius 1 is 1.24 bits per heavy atom. The minimum atomic E-state index is -4.40. The highest BCUT2D eigenvalue weighted by Gasteiger charge is 2.28. The summed E-state index contributed by atoms with van der Waals surface area (Å²) in [5, 5.41) is 0.891. The normalized spacial score (nSPS) is 12.0. The highest BCUT2D eigenvalue weighted by molar-refractivity contribution is 9.10. The van der Waals surface area contributed by atoms with Crippen LogP contribution in [0.4, 0.5) is 13.2 Å². The number of fused-ring (bicyclic) bond motifs is 1. The molecule has 0 N–H and O–H groups in total. The molecule has 1 aromatic heterocycles. The van der Waals surface area contributed by atoms with Crippen molar-refractivity contribution in [2.45, 2.75) is 12.7 Å². The van der Waals surface area contributed by atoms with Crippen LogP contribution in [0.25, 0.3) is 10.8 Å². The lowest BCUT2D eigenvalue weighted by atomic mass is 10.2. The van der Waals surface area contributed by atoms with Gasteiger partial charge in [-0.15, -0.1) is 0 Å². The molecule has 0 bridgehead atoms. The number of pyridine rings is 1. The Kier molecular flexibility index (Phi) is 2.99. The molecule has 2 aromatic rings. The van der Waals surface area contributed by atoms with Crippen molar-refractivity contribution in [3.05, 3.63) is 45.3 Å². The van der Waals surface area contributed by atoms with Crippen LogP contribution in [-0.4, -0.2) is 10.7 Å². The van der Waals surface area contributed by atoms with Gasteiger partial charge in [-0.05, 0) is 23.6 Å². The van der Waals surface area contributed by atoms with Crippen LogP contribution < -0.4 is 5.56 Å². The largest absolute Gasteiger partial charge is 0.406 e. The first kappa shape index (κ1) is 12.2. The summed E-state index contributed by atoms with van der Waals surface area (Å²) in [7, 11) is 0. The summed E-state index contributed by atoms with van der Waals surface area (Å²) in [5.41, 5.74) is -0.638. The summed E-state index contributed by atoms with van der Waals surface area (Å²) in [6, 6.07) is 6.42. The number of nitrogens with zero attached hydrogens (tertiary/aromatic N) is 1. The first-order chi connectivity index (χ1) is 7.87. The molecule has 6 heteroatoms. The Balaban J connectivity index is 2.61. The van der Waals surface area contributed by atoms with Crippen LogP contribution >= 0.6 is 15.9 Å². The van der Waals surface area contributed by atoms with E-state index in [1.54, 1.807) is 12.1 Å². The Morgan fingerprint density at radius 3 is 2.59 bits per heavy atom. The number of alkyl halides is 3. The molecule has 0 radical (unpaired) electrons. The summed E-state index contributed by atoms with van der Waals surface area (Å²) in [5.74, 6) is 0. The molecular formula is C11H7BrF3NO. The molecule has 0 unspecified atom stereocenters. The standard InChI is InChI=1S/C11H7BrF3NO/c12-8-2-1-7-3-4-16(6-11(13,14)15)10(17)9(7)5-8/h1-5H,6H2. The second kappa shape index (κ2) is 4.18. The van der Waals surface area contributed by atoms with E-state index in [0.29, 0.717) is 14.4 Å².